The Bertz CT molecular complexity index is 453. The van der Waals surface area contributed by atoms with E-state index in [0.29, 0.717) is 6.54 Å². The lowest BCUT2D eigenvalue weighted by Gasteiger charge is -2.03. The lowest BCUT2D eigenvalue weighted by Crippen LogP contribution is -2.43. The van der Waals surface area contributed by atoms with Gasteiger partial charge < -0.3 is 10.4 Å². The van der Waals surface area contributed by atoms with Crippen molar-refractivity contribution >= 4 is 27.8 Å². The first kappa shape index (κ1) is 20.6. The molecule has 6 heteroatoms. The quantitative estimate of drug-likeness (QED) is 0.397. The van der Waals surface area contributed by atoms with E-state index in [9.17, 15) is 9.59 Å². The Morgan fingerprint density at radius 3 is 2.55 bits per heavy atom. The van der Waals surface area contributed by atoms with Gasteiger partial charge in [-0.1, -0.05) is 48.5 Å². The minimum Gasteiger partial charge on any atom is -0.477 e. The molecule has 0 aliphatic heterocycles. The number of hydrogen-bond donors (Lipinski definition) is 2. The molecule has 0 fully saturated rings. The van der Waals surface area contributed by atoms with Crippen molar-refractivity contribution in [3.05, 3.63) is 30.1 Å². The maximum Gasteiger partial charge on any atom is 0.341 e. The van der Waals surface area contributed by atoms with Gasteiger partial charge in [0.05, 0.1) is 0 Å². The van der Waals surface area contributed by atoms with E-state index in [0.717, 1.165) is 12.8 Å². The monoisotopic (exact) mass is 373 g/mol. The number of aromatic nitrogens is 1. The third-order valence-electron chi connectivity index (χ3n) is 3.03. The Labute approximate surface area is 140 Å². The lowest BCUT2D eigenvalue weighted by atomic mass is 10.1. The second-order valence-corrected chi connectivity index (χ2v) is 4.83. The summed E-state index contributed by atoms with van der Waals surface area (Å²) in [4.78, 5) is 22.5. The number of carboxylic acids is 1. The van der Waals surface area contributed by atoms with Crippen LogP contribution in [0.3, 0.4) is 0 Å². The summed E-state index contributed by atoms with van der Waals surface area (Å²) < 4.78 is 1.58. The number of halogens is 1. The summed E-state index contributed by atoms with van der Waals surface area (Å²) in [5.41, 5.74) is 0.180. The molecule has 1 rings (SSSR count). The number of carbonyl (C=O) groups is 2. The first-order valence-electron chi connectivity index (χ1n) is 7.50. The number of carbonyl (C=O) groups excluding carboxylic acids is 1. The van der Waals surface area contributed by atoms with Gasteiger partial charge in [0, 0.05) is 12.6 Å². The van der Waals surface area contributed by atoms with E-state index in [2.05, 4.69) is 28.2 Å². The van der Waals surface area contributed by atoms with Crippen molar-refractivity contribution in [1.29, 1.82) is 0 Å². The Kier molecular flexibility index (Phi) is 12.4. The molecule has 0 saturated heterocycles. The number of pyridine rings is 1. The molecule has 0 radical (unpaired) electrons. The van der Waals surface area contributed by atoms with Crippen LogP contribution in [-0.4, -0.2) is 29.4 Å². The molecule has 0 aromatic carbocycles. The van der Waals surface area contributed by atoms with Gasteiger partial charge in [0.2, 0.25) is 6.54 Å². The largest absolute Gasteiger partial charge is 0.477 e. The topological polar surface area (TPSA) is 70.3 Å². The van der Waals surface area contributed by atoms with E-state index in [4.69, 9.17) is 5.11 Å². The van der Waals surface area contributed by atoms with E-state index in [1.54, 1.807) is 16.8 Å². The number of nitrogens with one attached hydrogen (secondary N) is 1. The van der Waals surface area contributed by atoms with E-state index in [1.165, 1.54) is 31.5 Å². The number of nitrogens with zero attached hydrogens (tertiary/aromatic N) is 1. The van der Waals surface area contributed by atoms with Crippen molar-refractivity contribution in [2.24, 2.45) is 0 Å². The average molecular weight is 374 g/mol. The summed E-state index contributed by atoms with van der Waals surface area (Å²) in [6, 6.07) is 3.13. The highest BCUT2D eigenvalue weighted by atomic mass is 79.9. The molecule has 1 aromatic heterocycles. The zero-order chi connectivity index (χ0) is 16.8. The predicted molar refractivity (Wildman–Crippen MR) is 90.2 cm³/mol. The third-order valence-corrected chi connectivity index (χ3v) is 3.03. The molecule has 1 amide bonds. The third kappa shape index (κ3) is 9.50. The molecule has 22 heavy (non-hydrogen) atoms. The van der Waals surface area contributed by atoms with Gasteiger partial charge in [-0.15, -0.1) is 0 Å². The minimum atomic E-state index is -0.990. The maximum atomic E-state index is 11.7. The fourth-order valence-electron chi connectivity index (χ4n) is 1.92. The van der Waals surface area contributed by atoms with Gasteiger partial charge in [-0.3, -0.25) is 4.79 Å². The van der Waals surface area contributed by atoms with E-state index >= 15 is 0 Å². The van der Waals surface area contributed by atoms with E-state index < -0.39 is 5.97 Å². The summed E-state index contributed by atoms with van der Waals surface area (Å²) in [5.74, 6) is 0.733. The molecule has 0 spiro atoms. The average Bonchev–Trinajstić information content (AvgIpc) is 2.53. The number of hydrogen-bond acceptors (Lipinski definition) is 2. The smallest absolute Gasteiger partial charge is 0.341 e. The fraction of sp³-hybridized carbons (Fsp3) is 0.562. The molecule has 0 unspecified atom stereocenters. The van der Waals surface area contributed by atoms with Crippen LogP contribution in [0.2, 0.25) is 0 Å². The summed E-state index contributed by atoms with van der Waals surface area (Å²) in [5, 5.41) is 11.7. The standard InChI is InChI=1S/C15H22N2O3.CH3Br/c1-2-3-4-5-6-9-16-14(18)12-17-10-7-8-13(11-17)15(19)20;1-2/h7-8,10-11H,2-6,9,12H2,1H3,(H-,16,18,19,20);1H3/p+1. The zero-order valence-corrected chi connectivity index (χ0v) is 14.9. The number of alkyl halides is 1. The number of unbranched alkanes of at least 4 members (excludes halogenated alkanes) is 4. The Morgan fingerprint density at radius 1 is 1.23 bits per heavy atom. The van der Waals surface area contributed by atoms with Crippen LogP contribution in [0.4, 0.5) is 0 Å². The fourth-order valence-corrected chi connectivity index (χ4v) is 1.92. The molecule has 1 aromatic rings. The molecular formula is C16H26BrN2O3+. The second-order valence-electron chi connectivity index (χ2n) is 4.83. The van der Waals surface area contributed by atoms with Gasteiger partial charge in [0.15, 0.2) is 12.4 Å². The normalized spacial score (nSPS) is 9.59. The predicted octanol–water partition coefficient (Wildman–Crippen LogP) is 2.77. The van der Waals surface area contributed by atoms with Gasteiger partial charge in [0.25, 0.3) is 5.91 Å². The second kappa shape index (κ2) is 13.2. The van der Waals surface area contributed by atoms with Gasteiger partial charge in [-0.05, 0) is 18.3 Å². The van der Waals surface area contributed by atoms with Crippen LogP contribution in [0.15, 0.2) is 24.5 Å². The van der Waals surface area contributed by atoms with Crippen molar-refractivity contribution in [2.75, 3.05) is 12.4 Å². The molecule has 124 valence electrons. The molecule has 0 aliphatic carbocycles. The summed E-state index contributed by atoms with van der Waals surface area (Å²) in [7, 11) is 0. The molecule has 5 nitrogen and oxygen atoms in total. The van der Waals surface area contributed by atoms with Gasteiger partial charge in [-0.2, -0.15) is 4.57 Å². The molecule has 0 bridgehead atoms. The van der Waals surface area contributed by atoms with Crippen LogP contribution in [-0.2, 0) is 11.3 Å². The van der Waals surface area contributed by atoms with Crippen molar-refractivity contribution in [1.82, 2.24) is 5.32 Å². The molecule has 0 saturated carbocycles. The highest BCUT2D eigenvalue weighted by Crippen LogP contribution is 2.01. The van der Waals surface area contributed by atoms with Crippen molar-refractivity contribution < 1.29 is 19.3 Å². The van der Waals surface area contributed by atoms with Crippen molar-refractivity contribution in [2.45, 2.75) is 45.6 Å². The van der Waals surface area contributed by atoms with Crippen LogP contribution < -0.4 is 9.88 Å². The summed E-state index contributed by atoms with van der Waals surface area (Å²) in [6.07, 6.45) is 8.94. The molecule has 0 aliphatic rings. The zero-order valence-electron chi connectivity index (χ0n) is 13.3. The highest BCUT2D eigenvalue weighted by molar-refractivity contribution is 9.08. The van der Waals surface area contributed by atoms with E-state index in [1.807, 2.05) is 5.83 Å². The molecule has 0 atom stereocenters. The number of amides is 1. The Hall–Kier alpha value is -1.43. The Balaban J connectivity index is 0.00000211. The first-order valence-corrected chi connectivity index (χ1v) is 9.09. The minimum absolute atomic E-state index is 0.0898. The van der Waals surface area contributed by atoms with Crippen molar-refractivity contribution in [3.8, 4) is 0 Å². The first-order chi connectivity index (χ1) is 10.6. The number of carboxylic acid groups (broad SMARTS) is 1. The van der Waals surface area contributed by atoms with Gasteiger partial charge in [0.1, 0.15) is 5.56 Å². The van der Waals surface area contributed by atoms with Crippen molar-refractivity contribution in [3.63, 3.8) is 0 Å². The van der Waals surface area contributed by atoms with Gasteiger partial charge in [-0.25, -0.2) is 4.79 Å². The summed E-state index contributed by atoms with van der Waals surface area (Å²) >= 11 is 2.94. The molecule has 1 heterocycles. The molecule has 2 N–H and O–H groups in total. The summed E-state index contributed by atoms with van der Waals surface area (Å²) in [6.45, 7) is 3.00. The highest BCUT2D eigenvalue weighted by Gasteiger charge is 2.12. The maximum absolute atomic E-state index is 11.7. The SMILES string of the molecule is CBr.CCCCCCCNC(=O)C[n+]1cccc(C(=O)O)c1. The van der Waals surface area contributed by atoms with E-state index in [-0.39, 0.29) is 18.0 Å². The number of aromatic carboxylic acids is 1. The van der Waals surface area contributed by atoms with Crippen LogP contribution in [0.1, 0.15) is 49.4 Å². The van der Waals surface area contributed by atoms with Crippen LogP contribution in [0.25, 0.3) is 0 Å². The van der Waals surface area contributed by atoms with Crippen LogP contribution in [0, 0.1) is 0 Å². The number of rotatable bonds is 9. The molecular weight excluding hydrogens is 348 g/mol. The lowest BCUT2D eigenvalue weighted by molar-refractivity contribution is -0.684. The van der Waals surface area contributed by atoms with Crippen LogP contribution in [0.5, 0.6) is 0 Å². The van der Waals surface area contributed by atoms with Gasteiger partial charge >= 0.3 is 5.97 Å². The Morgan fingerprint density at radius 2 is 1.91 bits per heavy atom. The van der Waals surface area contributed by atoms with Crippen LogP contribution >= 0.6 is 15.9 Å².